The Kier molecular flexibility index (Phi) is 7.24. The zero-order valence-electron chi connectivity index (χ0n) is 15.4. The SMILES string of the molecule is CC(C)NC(=O)COc1ccc(S(=O)(=O)N[C@@H](C)c2ccccc2)cc1Cl. The van der Waals surface area contributed by atoms with Gasteiger partial charge in [0.1, 0.15) is 5.75 Å². The Morgan fingerprint density at radius 2 is 1.78 bits per heavy atom. The normalized spacial score (nSPS) is 12.6. The second-order valence-corrected chi connectivity index (χ2v) is 8.48. The largest absolute Gasteiger partial charge is 0.482 e. The summed E-state index contributed by atoms with van der Waals surface area (Å²) in [7, 11) is -3.76. The molecule has 2 aromatic carbocycles. The minimum absolute atomic E-state index is 0.00164. The minimum atomic E-state index is -3.76. The number of carbonyl (C=O) groups is 1. The molecule has 0 aromatic heterocycles. The summed E-state index contributed by atoms with van der Waals surface area (Å²) < 4.78 is 33.2. The van der Waals surface area contributed by atoms with Crippen molar-refractivity contribution in [3.63, 3.8) is 0 Å². The Balaban J connectivity index is 2.08. The van der Waals surface area contributed by atoms with E-state index >= 15 is 0 Å². The maximum atomic E-state index is 12.6. The molecule has 2 aromatic rings. The summed E-state index contributed by atoms with van der Waals surface area (Å²) in [4.78, 5) is 11.7. The number of hydrogen-bond acceptors (Lipinski definition) is 4. The van der Waals surface area contributed by atoms with Gasteiger partial charge in [-0.3, -0.25) is 4.79 Å². The zero-order valence-corrected chi connectivity index (χ0v) is 17.0. The van der Waals surface area contributed by atoms with E-state index in [1.807, 2.05) is 44.2 Å². The van der Waals surface area contributed by atoms with Crippen molar-refractivity contribution in [3.8, 4) is 5.75 Å². The third kappa shape index (κ3) is 6.23. The predicted octanol–water partition coefficient (Wildman–Crippen LogP) is 3.28. The first kappa shape index (κ1) is 21.2. The van der Waals surface area contributed by atoms with Crippen LogP contribution in [0, 0.1) is 0 Å². The molecule has 0 spiro atoms. The lowest BCUT2D eigenvalue weighted by molar-refractivity contribution is -0.123. The molecule has 0 aliphatic carbocycles. The molecule has 0 unspecified atom stereocenters. The fraction of sp³-hybridized carbons (Fsp3) is 0.316. The average molecular weight is 411 g/mol. The van der Waals surface area contributed by atoms with Gasteiger partial charge >= 0.3 is 0 Å². The van der Waals surface area contributed by atoms with Crippen molar-refractivity contribution < 1.29 is 17.9 Å². The van der Waals surface area contributed by atoms with Crippen molar-refractivity contribution >= 4 is 27.5 Å². The highest BCUT2D eigenvalue weighted by Gasteiger charge is 2.20. The molecule has 6 nitrogen and oxygen atoms in total. The van der Waals surface area contributed by atoms with Gasteiger partial charge in [-0.15, -0.1) is 0 Å². The second kappa shape index (κ2) is 9.21. The number of benzene rings is 2. The number of carbonyl (C=O) groups excluding carboxylic acids is 1. The van der Waals surface area contributed by atoms with Gasteiger partial charge in [0.2, 0.25) is 10.0 Å². The molecule has 0 saturated carbocycles. The van der Waals surface area contributed by atoms with E-state index in [1.165, 1.54) is 18.2 Å². The smallest absolute Gasteiger partial charge is 0.258 e. The lowest BCUT2D eigenvalue weighted by Crippen LogP contribution is -2.34. The molecule has 2 N–H and O–H groups in total. The summed E-state index contributed by atoms with van der Waals surface area (Å²) in [5.74, 6) is -0.0400. The molecular formula is C19H23ClN2O4S. The molecule has 0 aliphatic rings. The number of nitrogens with one attached hydrogen (secondary N) is 2. The van der Waals surface area contributed by atoms with Crippen LogP contribution in [0.25, 0.3) is 0 Å². The van der Waals surface area contributed by atoms with Crippen LogP contribution in [0.3, 0.4) is 0 Å². The minimum Gasteiger partial charge on any atom is -0.482 e. The first-order valence-electron chi connectivity index (χ1n) is 8.48. The van der Waals surface area contributed by atoms with E-state index in [9.17, 15) is 13.2 Å². The number of halogens is 1. The molecule has 0 saturated heterocycles. The van der Waals surface area contributed by atoms with Crippen LogP contribution in [0.4, 0.5) is 0 Å². The molecule has 0 heterocycles. The maximum absolute atomic E-state index is 12.6. The van der Waals surface area contributed by atoms with Gasteiger partial charge < -0.3 is 10.1 Å². The van der Waals surface area contributed by atoms with E-state index in [0.29, 0.717) is 0 Å². The van der Waals surface area contributed by atoms with Crippen LogP contribution < -0.4 is 14.8 Å². The van der Waals surface area contributed by atoms with E-state index in [-0.39, 0.29) is 34.2 Å². The number of hydrogen-bond donors (Lipinski definition) is 2. The summed E-state index contributed by atoms with van der Waals surface area (Å²) in [5, 5.41) is 2.81. The van der Waals surface area contributed by atoms with Crippen molar-refractivity contribution in [1.29, 1.82) is 0 Å². The number of amides is 1. The van der Waals surface area contributed by atoms with Crippen LogP contribution in [0.5, 0.6) is 5.75 Å². The van der Waals surface area contributed by atoms with Gasteiger partial charge in [0.15, 0.2) is 6.61 Å². The molecule has 0 bridgehead atoms. The van der Waals surface area contributed by atoms with Gasteiger partial charge in [0.25, 0.3) is 5.91 Å². The van der Waals surface area contributed by atoms with Crippen molar-refractivity contribution in [2.45, 2.75) is 37.8 Å². The highest BCUT2D eigenvalue weighted by molar-refractivity contribution is 7.89. The van der Waals surface area contributed by atoms with Gasteiger partial charge in [-0.05, 0) is 44.5 Å². The summed E-state index contributed by atoms with van der Waals surface area (Å²) in [6, 6.07) is 13.0. The molecule has 27 heavy (non-hydrogen) atoms. The summed E-state index contributed by atoms with van der Waals surface area (Å²) in [5.41, 5.74) is 0.850. The number of rotatable bonds is 8. The highest BCUT2D eigenvalue weighted by atomic mass is 35.5. The van der Waals surface area contributed by atoms with Crippen LogP contribution in [-0.2, 0) is 14.8 Å². The molecule has 8 heteroatoms. The molecule has 0 fully saturated rings. The predicted molar refractivity (Wildman–Crippen MR) is 105 cm³/mol. The van der Waals surface area contributed by atoms with Gasteiger partial charge in [-0.25, -0.2) is 13.1 Å². The van der Waals surface area contributed by atoms with Gasteiger partial charge in [-0.1, -0.05) is 41.9 Å². The average Bonchev–Trinajstić information content (AvgIpc) is 2.60. The topological polar surface area (TPSA) is 84.5 Å². The van der Waals surface area contributed by atoms with Crippen LogP contribution in [0.2, 0.25) is 5.02 Å². The van der Waals surface area contributed by atoms with Crippen LogP contribution >= 0.6 is 11.6 Å². The third-order valence-electron chi connectivity index (χ3n) is 3.65. The Bertz CT molecular complexity index is 886. The molecule has 0 radical (unpaired) electrons. The monoisotopic (exact) mass is 410 g/mol. The Labute approximate surface area is 164 Å². The van der Waals surface area contributed by atoms with Gasteiger partial charge in [-0.2, -0.15) is 0 Å². The zero-order chi connectivity index (χ0) is 20.0. The summed E-state index contributed by atoms with van der Waals surface area (Å²) >= 11 is 6.13. The van der Waals surface area contributed by atoms with Crippen molar-refractivity contribution in [2.24, 2.45) is 0 Å². The standard InChI is InChI=1S/C19H23ClN2O4S/c1-13(2)21-19(23)12-26-18-10-9-16(11-17(18)20)27(24,25)22-14(3)15-7-5-4-6-8-15/h4-11,13-14,22H,12H2,1-3H3,(H,21,23)/t14-/m0/s1. The van der Waals surface area contributed by atoms with Crippen molar-refractivity contribution in [3.05, 3.63) is 59.1 Å². The molecular weight excluding hydrogens is 388 g/mol. The Hall–Kier alpha value is -2.09. The van der Waals surface area contributed by atoms with Gasteiger partial charge in [0, 0.05) is 12.1 Å². The number of ether oxygens (including phenoxy) is 1. The summed E-state index contributed by atoms with van der Waals surface area (Å²) in [6.45, 7) is 5.24. The highest BCUT2D eigenvalue weighted by Crippen LogP contribution is 2.28. The maximum Gasteiger partial charge on any atom is 0.258 e. The van der Waals surface area contributed by atoms with Crippen LogP contribution in [0.1, 0.15) is 32.4 Å². The van der Waals surface area contributed by atoms with E-state index in [2.05, 4.69) is 10.0 Å². The molecule has 1 amide bonds. The van der Waals surface area contributed by atoms with Crippen LogP contribution in [0.15, 0.2) is 53.4 Å². The van der Waals surface area contributed by atoms with E-state index in [4.69, 9.17) is 16.3 Å². The fourth-order valence-corrected chi connectivity index (χ4v) is 3.94. The summed E-state index contributed by atoms with van der Waals surface area (Å²) in [6.07, 6.45) is 0. The lowest BCUT2D eigenvalue weighted by Gasteiger charge is -2.15. The van der Waals surface area contributed by atoms with Crippen molar-refractivity contribution in [1.82, 2.24) is 10.0 Å². The molecule has 0 aliphatic heterocycles. The van der Waals surface area contributed by atoms with Gasteiger partial charge in [0.05, 0.1) is 9.92 Å². The second-order valence-electron chi connectivity index (χ2n) is 6.36. The quantitative estimate of drug-likeness (QED) is 0.699. The lowest BCUT2D eigenvalue weighted by atomic mass is 10.1. The Morgan fingerprint density at radius 1 is 1.11 bits per heavy atom. The first-order chi connectivity index (χ1) is 12.7. The van der Waals surface area contributed by atoms with E-state index in [0.717, 1.165) is 5.56 Å². The first-order valence-corrected chi connectivity index (χ1v) is 10.3. The van der Waals surface area contributed by atoms with Crippen molar-refractivity contribution in [2.75, 3.05) is 6.61 Å². The van der Waals surface area contributed by atoms with E-state index < -0.39 is 16.1 Å². The van der Waals surface area contributed by atoms with E-state index in [1.54, 1.807) is 6.92 Å². The fourth-order valence-electron chi connectivity index (χ4n) is 2.38. The molecule has 1 atom stereocenters. The Morgan fingerprint density at radius 3 is 2.37 bits per heavy atom. The van der Waals surface area contributed by atoms with Crippen LogP contribution in [-0.4, -0.2) is 27.0 Å². The molecule has 146 valence electrons. The number of sulfonamides is 1. The molecule has 2 rings (SSSR count). The third-order valence-corrected chi connectivity index (χ3v) is 5.49.